The van der Waals surface area contributed by atoms with Gasteiger partial charge in [-0.25, -0.2) is 9.37 Å². The van der Waals surface area contributed by atoms with Crippen LogP contribution >= 0.6 is 34.8 Å². The number of halogens is 4. The highest BCUT2D eigenvalue weighted by molar-refractivity contribution is 6.34. The second kappa shape index (κ2) is 8.54. The van der Waals surface area contributed by atoms with E-state index in [-0.39, 0.29) is 18.4 Å². The van der Waals surface area contributed by atoms with Crippen molar-refractivity contribution in [2.24, 2.45) is 0 Å². The summed E-state index contributed by atoms with van der Waals surface area (Å²) in [6, 6.07) is 12.3. The van der Waals surface area contributed by atoms with Crippen LogP contribution in [0.15, 0.2) is 48.7 Å². The lowest BCUT2D eigenvalue weighted by molar-refractivity contribution is 0.280. The molecule has 0 atom stereocenters. The first-order valence-corrected chi connectivity index (χ1v) is 8.71. The Morgan fingerprint density at radius 3 is 2.31 bits per heavy atom. The van der Waals surface area contributed by atoms with E-state index in [1.54, 1.807) is 30.3 Å². The molecule has 1 aromatic heterocycles. The summed E-state index contributed by atoms with van der Waals surface area (Å²) in [4.78, 5) is 7.89. The first-order valence-electron chi connectivity index (χ1n) is 7.58. The van der Waals surface area contributed by atoms with Gasteiger partial charge in [-0.3, -0.25) is 0 Å². The number of hydrogen-bond acceptors (Lipinski definition) is 4. The molecule has 0 aliphatic heterocycles. The number of nitrogens with one attached hydrogen (secondary N) is 1. The van der Waals surface area contributed by atoms with Crippen molar-refractivity contribution >= 4 is 40.6 Å². The first kappa shape index (κ1) is 18.7. The van der Waals surface area contributed by atoms with Gasteiger partial charge >= 0.3 is 6.01 Å². The summed E-state index contributed by atoms with van der Waals surface area (Å²) in [6.45, 7) is 0.539. The van der Waals surface area contributed by atoms with Gasteiger partial charge in [-0.1, -0.05) is 46.9 Å². The fraction of sp³-hybridized carbons (Fsp3) is 0.111. The molecule has 1 N–H and O–H groups in total. The molecule has 0 aliphatic rings. The smallest absolute Gasteiger partial charge is 0.318 e. The van der Waals surface area contributed by atoms with Crippen LogP contribution in [0.25, 0.3) is 0 Å². The molecule has 0 amide bonds. The normalized spacial score (nSPS) is 10.6. The van der Waals surface area contributed by atoms with Crippen LogP contribution in [0.4, 0.5) is 10.2 Å². The second-order valence-corrected chi connectivity index (χ2v) is 6.70. The number of ether oxygens (including phenoxy) is 1. The zero-order valence-electron chi connectivity index (χ0n) is 13.3. The van der Waals surface area contributed by atoms with E-state index < -0.39 is 5.82 Å². The molecule has 0 saturated carbocycles. The molecular weight excluding hydrogens is 400 g/mol. The lowest BCUT2D eigenvalue weighted by Crippen LogP contribution is -2.07. The predicted molar refractivity (Wildman–Crippen MR) is 102 cm³/mol. The maximum Gasteiger partial charge on any atom is 0.318 e. The van der Waals surface area contributed by atoms with Gasteiger partial charge in [0.2, 0.25) is 0 Å². The zero-order valence-corrected chi connectivity index (χ0v) is 15.6. The standard InChI is InChI=1S/C18H13Cl3FN3O/c19-13-3-1-11(2-4-13)8-23-17-16(22)9-24-18(25-17)26-10-12-5-14(20)7-15(21)6-12/h1-7,9H,8,10H2,(H,23,24,25). The van der Waals surface area contributed by atoms with Crippen LogP contribution in [0.3, 0.4) is 0 Å². The molecule has 4 nitrogen and oxygen atoms in total. The highest BCUT2D eigenvalue weighted by Gasteiger charge is 2.09. The fourth-order valence-electron chi connectivity index (χ4n) is 2.17. The van der Waals surface area contributed by atoms with Gasteiger partial charge in [0.15, 0.2) is 11.6 Å². The van der Waals surface area contributed by atoms with Crippen molar-refractivity contribution in [3.63, 3.8) is 0 Å². The maximum atomic E-state index is 13.9. The molecule has 2 aromatic carbocycles. The Bertz CT molecular complexity index is 886. The van der Waals surface area contributed by atoms with E-state index in [0.29, 0.717) is 21.6 Å². The third-order valence-corrected chi connectivity index (χ3v) is 4.07. The molecular formula is C18H13Cl3FN3O. The molecule has 0 saturated heterocycles. The number of nitrogens with zero attached hydrogens (tertiary/aromatic N) is 2. The number of hydrogen-bond donors (Lipinski definition) is 1. The fourth-order valence-corrected chi connectivity index (χ4v) is 2.87. The van der Waals surface area contributed by atoms with Crippen molar-refractivity contribution in [3.05, 3.63) is 80.7 Å². The van der Waals surface area contributed by atoms with Gasteiger partial charge in [-0.05, 0) is 41.5 Å². The molecule has 0 bridgehead atoms. The van der Waals surface area contributed by atoms with Crippen molar-refractivity contribution in [2.45, 2.75) is 13.2 Å². The van der Waals surface area contributed by atoms with Gasteiger partial charge in [0.25, 0.3) is 0 Å². The topological polar surface area (TPSA) is 47.0 Å². The van der Waals surface area contributed by atoms with E-state index in [1.165, 1.54) is 0 Å². The third-order valence-electron chi connectivity index (χ3n) is 3.39. The van der Waals surface area contributed by atoms with Crippen molar-refractivity contribution in [1.29, 1.82) is 0 Å². The third kappa shape index (κ3) is 5.21. The van der Waals surface area contributed by atoms with Crippen LogP contribution in [0.2, 0.25) is 15.1 Å². The van der Waals surface area contributed by atoms with E-state index in [4.69, 9.17) is 39.5 Å². The van der Waals surface area contributed by atoms with Crippen molar-refractivity contribution in [1.82, 2.24) is 9.97 Å². The van der Waals surface area contributed by atoms with E-state index in [2.05, 4.69) is 15.3 Å². The second-order valence-electron chi connectivity index (χ2n) is 5.40. The minimum absolute atomic E-state index is 0.0427. The quantitative estimate of drug-likeness (QED) is 0.558. The maximum absolute atomic E-state index is 13.9. The van der Waals surface area contributed by atoms with Gasteiger partial charge in [-0.2, -0.15) is 4.98 Å². The molecule has 0 radical (unpaired) electrons. The molecule has 134 valence electrons. The van der Waals surface area contributed by atoms with Crippen LogP contribution in [0.5, 0.6) is 6.01 Å². The summed E-state index contributed by atoms with van der Waals surface area (Å²) in [6.07, 6.45) is 1.05. The van der Waals surface area contributed by atoms with Crippen molar-refractivity contribution in [2.75, 3.05) is 5.32 Å². The molecule has 1 heterocycles. The zero-order chi connectivity index (χ0) is 18.5. The number of aromatic nitrogens is 2. The summed E-state index contributed by atoms with van der Waals surface area (Å²) in [5, 5.41) is 4.55. The number of rotatable bonds is 6. The molecule has 0 spiro atoms. The Morgan fingerprint density at radius 2 is 1.62 bits per heavy atom. The Morgan fingerprint density at radius 1 is 0.923 bits per heavy atom. The molecule has 0 fully saturated rings. The average molecular weight is 413 g/mol. The van der Waals surface area contributed by atoms with E-state index >= 15 is 0 Å². The lowest BCUT2D eigenvalue weighted by Gasteiger charge is -2.09. The van der Waals surface area contributed by atoms with Gasteiger partial charge < -0.3 is 10.1 Å². The minimum Gasteiger partial charge on any atom is -0.459 e. The SMILES string of the molecule is Fc1cnc(OCc2cc(Cl)cc(Cl)c2)nc1NCc1ccc(Cl)cc1. The molecule has 26 heavy (non-hydrogen) atoms. The summed E-state index contributed by atoms with van der Waals surface area (Å²) < 4.78 is 19.4. The largest absolute Gasteiger partial charge is 0.459 e. The van der Waals surface area contributed by atoms with Gasteiger partial charge in [0, 0.05) is 21.6 Å². The van der Waals surface area contributed by atoms with Crippen molar-refractivity contribution in [3.8, 4) is 6.01 Å². The summed E-state index contributed by atoms with van der Waals surface area (Å²) in [7, 11) is 0. The minimum atomic E-state index is -0.572. The molecule has 0 aliphatic carbocycles. The lowest BCUT2D eigenvalue weighted by atomic mass is 10.2. The van der Waals surface area contributed by atoms with Crippen LogP contribution < -0.4 is 10.1 Å². The van der Waals surface area contributed by atoms with Crippen LogP contribution in [-0.2, 0) is 13.2 Å². The molecule has 0 unspecified atom stereocenters. The first-order chi connectivity index (χ1) is 12.5. The monoisotopic (exact) mass is 411 g/mol. The Balaban J connectivity index is 1.65. The van der Waals surface area contributed by atoms with Gasteiger partial charge in [0.05, 0.1) is 6.20 Å². The summed E-state index contributed by atoms with van der Waals surface area (Å²) in [5.41, 5.74) is 1.69. The van der Waals surface area contributed by atoms with Crippen molar-refractivity contribution < 1.29 is 9.13 Å². The Kier molecular flexibility index (Phi) is 6.14. The van der Waals surface area contributed by atoms with E-state index in [0.717, 1.165) is 17.3 Å². The average Bonchev–Trinajstić information content (AvgIpc) is 2.60. The number of anilines is 1. The van der Waals surface area contributed by atoms with Crippen LogP contribution in [0, 0.1) is 5.82 Å². The van der Waals surface area contributed by atoms with Crippen LogP contribution in [0.1, 0.15) is 11.1 Å². The van der Waals surface area contributed by atoms with E-state index in [9.17, 15) is 4.39 Å². The summed E-state index contributed by atoms with van der Waals surface area (Å²) >= 11 is 17.7. The Labute approximate surface area is 164 Å². The Hall–Kier alpha value is -2.08. The highest BCUT2D eigenvalue weighted by atomic mass is 35.5. The summed E-state index contributed by atoms with van der Waals surface area (Å²) in [5.74, 6) is -0.522. The molecule has 3 rings (SSSR count). The highest BCUT2D eigenvalue weighted by Crippen LogP contribution is 2.21. The predicted octanol–water partition coefficient (Wildman–Crippen LogP) is 5.77. The molecule has 8 heteroatoms. The van der Waals surface area contributed by atoms with E-state index in [1.807, 2.05) is 12.1 Å². The van der Waals surface area contributed by atoms with Gasteiger partial charge in [0.1, 0.15) is 6.61 Å². The van der Waals surface area contributed by atoms with Gasteiger partial charge in [-0.15, -0.1) is 0 Å². The number of benzene rings is 2. The molecule has 3 aromatic rings. The van der Waals surface area contributed by atoms with Crippen LogP contribution in [-0.4, -0.2) is 9.97 Å².